The highest BCUT2D eigenvalue weighted by molar-refractivity contribution is 5.01. The number of furan rings is 1. The van der Waals surface area contributed by atoms with Crippen LogP contribution in [-0.2, 0) is 6.54 Å². The molecule has 1 aliphatic rings. The van der Waals surface area contributed by atoms with Gasteiger partial charge < -0.3 is 14.8 Å². The maximum atomic E-state index is 9.35. The number of piperazine rings is 1. The Bertz CT molecular complexity index is 322. The molecular formula is C12H20N2O2. The van der Waals surface area contributed by atoms with Gasteiger partial charge in [-0.25, -0.2) is 0 Å². The van der Waals surface area contributed by atoms with Crippen molar-refractivity contribution in [1.29, 1.82) is 0 Å². The van der Waals surface area contributed by atoms with Gasteiger partial charge in [-0.15, -0.1) is 0 Å². The molecule has 4 nitrogen and oxygen atoms in total. The van der Waals surface area contributed by atoms with Gasteiger partial charge in [0.2, 0.25) is 0 Å². The van der Waals surface area contributed by atoms with E-state index >= 15 is 0 Å². The largest absolute Gasteiger partial charge is 0.468 e. The van der Waals surface area contributed by atoms with Gasteiger partial charge in [0.1, 0.15) is 5.76 Å². The van der Waals surface area contributed by atoms with Crippen LogP contribution in [0.3, 0.4) is 0 Å². The van der Waals surface area contributed by atoms with Crippen LogP contribution in [0.4, 0.5) is 0 Å². The molecule has 1 unspecified atom stereocenters. The molecule has 4 heteroatoms. The van der Waals surface area contributed by atoms with E-state index < -0.39 is 0 Å². The first kappa shape index (κ1) is 11.6. The summed E-state index contributed by atoms with van der Waals surface area (Å²) in [5.74, 6) is 0.955. The summed E-state index contributed by atoms with van der Waals surface area (Å²) in [6, 6.07) is 4.05. The second-order valence-electron chi connectivity index (χ2n) is 5.09. The van der Waals surface area contributed by atoms with Crippen LogP contribution in [-0.4, -0.2) is 41.3 Å². The van der Waals surface area contributed by atoms with E-state index in [1.54, 1.807) is 6.26 Å². The summed E-state index contributed by atoms with van der Waals surface area (Å²) in [4.78, 5) is 2.27. The lowest BCUT2D eigenvalue weighted by molar-refractivity contribution is 0.0465. The Morgan fingerprint density at radius 3 is 3.06 bits per heavy atom. The summed E-state index contributed by atoms with van der Waals surface area (Å²) in [5, 5.41) is 12.8. The van der Waals surface area contributed by atoms with Gasteiger partial charge in [-0.05, 0) is 26.0 Å². The third-order valence-electron chi connectivity index (χ3n) is 3.08. The number of rotatable bonds is 3. The molecule has 0 saturated carbocycles. The Hall–Kier alpha value is -0.840. The monoisotopic (exact) mass is 224 g/mol. The fourth-order valence-electron chi connectivity index (χ4n) is 2.18. The molecule has 1 saturated heterocycles. The first-order valence-electron chi connectivity index (χ1n) is 5.73. The van der Waals surface area contributed by atoms with Crippen molar-refractivity contribution >= 4 is 0 Å². The average Bonchev–Trinajstić information content (AvgIpc) is 2.70. The third-order valence-corrected chi connectivity index (χ3v) is 3.08. The van der Waals surface area contributed by atoms with Crippen LogP contribution in [0.5, 0.6) is 0 Å². The Morgan fingerprint density at radius 2 is 2.44 bits per heavy atom. The molecule has 0 aliphatic carbocycles. The molecule has 1 atom stereocenters. The van der Waals surface area contributed by atoms with Gasteiger partial charge in [0, 0.05) is 24.7 Å². The van der Waals surface area contributed by atoms with Crippen LogP contribution in [0.25, 0.3) is 0 Å². The minimum absolute atomic E-state index is 0.0955. The molecule has 0 amide bonds. The summed E-state index contributed by atoms with van der Waals surface area (Å²) in [7, 11) is 0. The average molecular weight is 224 g/mol. The lowest BCUT2D eigenvalue weighted by Crippen LogP contribution is -2.62. The van der Waals surface area contributed by atoms with E-state index in [-0.39, 0.29) is 18.2 Å². The number of nitrogens with one attached hydrogen (secondary N) is 1. The summed E-state index contributed by atoms with van der Waals surface area (Å²) < 4.78 is 5.35. The quantitative estimate of drug-likeness (QED) is 0.798. The highest BCUT2D eigenvalue weighted by atomic mass is 16.3. The Labute approximate surface area is 96.2 Å². The van der Waals surface area contributed by atoms with E-state index in [2.05, 4.69) is 24.1 Å². The first-order valence-corrected chi connectivity index (χ1v) is 5.73. The molecule has 2 N–H and O–H groups in total. The number of hydrogen-bond acceptors (Lipinski definition) is 4. The van der Waals surface area contributed by atoms with Crippen molar-refractivity contribution in [3.8, 4) is 0 Å². The molecule has 0 bridgehead atoms. The van der Waals surface area contributed by atoms with Crippen molar-refractivity contribution < 1.29 is 9.52 Å². The van der Waals surface area contributed by atoms with Gasteiger partial charge in [0.25, 0.3) is 0 Å². The van der Waals surface area contributed by atoms with Gasteiger partial charge in [0.05, 0.1) is 19.4 Å². The SMILES string of the molecule is CC1(C)CN(Cc2ccco2)C(CO)CN1. The smallest absolute Gasteiger partial charge is 0.117 e. The number of nitrogens with zero attached hydrogens (tertiary/aromatic N) is 1. The molecule has 1 aliphatic heterocycles. The van der Waals surface area contributed by atoms with Gasteiger partial charge in [-0.3, -0.25) is 4.90 Å². The van der Waals surface area contributed by atoms with Crippen molar-refractivity contribution in [3.05, 3.63) is 24.2 Å². The zero-order valence-electron chi connectivity index (χ0n) is 9.94. The summed E-state index contributed by atoms with van der Waals surface area (Å²) in [5.41, 5.74) is 0.0955. The highest BCUT2D eigenvalue weighted by Gasteiger charge is 2.32. The molecule has 16 heavy (non-hydrogen) atoms. The van der Waals surface area contributed by atoms with Crippen LogP contribution in [0, 0.1) is 0 Å². The molecule has 1 aromatic heterocycles. The van der Waals surface area contributed by atoms with Crippen molar-refractivity contribution in [2.24, 2.45) is 0 Å². The number of aliphatic hydroxyl groups excluding tert-OH is 1. The molecule has 0 spiro atoms. The molecule has 0 radical (unpaired) electrons. The minimum atomic E-state index is 0.0955. The molecule has 2 heterocycles. The topological polar surface area (TPSA) is 48.6 Å². The highest BCUT2D eigenvalue weighted by Crippen LogP contribution is 2.18. The van der Waals surface area contributed by atoms with Crippen molar-refractivity contribution in [2.45, 2.75) is 32.0 Å². The van der Waals surface area contributed by atoms with Crippen molar-refractivity contribution in [3.63, 3.8) is 0 Å². The van der Waals surface area contributed by atoms with Gasteiger partial charge in [0.15, 0.2) is 0 Å². The van der Waals surface area contributed by atoms with Crippen molar-refractivity contribution in [2.75, 3.05) is 19.7 Å². The van der Waals surface area contributed by atoms with Crippen LogP contribution in [0.15, 0.2) is 22.8 Å². The second kappa shape index (κ2) is 4.57. The predicted molar refractivity (Wildman–Crippen MR) is 62.1 cm³/mol. The lowest BCUT2D eigenvalue weighted by atomic mass is 9.99. The van der Waals surface area contributed by atoms with E-state index in [1.165, 1.54) is 0 Å². The maximum absolute atomic E-state index is 9.35. The Morgan fingerprint density at radius 1 is 1.62 bits per heavy atom. The summed E-state index contributed by atoms with van der Waals surface area (Å²) in [6.45, 7) is 7.04. The van der Waals surface area contributed by atoms with Gasteiger partial charge in [-0.1, -0.05) is 0 Å². The zero-order chi connectivity index (χ0) is 11.6. The second-order valence-corrected chi connectivity index (χ2v) is 5.09. The standard InChI is InChI=1S/C12H20N2O2/c1-12(2)9-14(10(8-15)6-13-12)7-11-4-3-5-16-11/h3-5,10,13,15H,6-9H2,1-2H3. The van der Waals surface area contributed by atoms with E-state index in [0.29, 0.717) is 0 Å². The van der Waals surface area contributed by atoms with E-state index in [9.17, 15) is 5.11 Å². The lowest BCUT2D eigenvalue weighted by Gasteiger charge is -2.43. The Kier molecular flexibility index (Phi) is 3.33. The summed E-state index contributed by atoms with van der Waals surface area (Å²) in [6.07, 6.45) is 1.69. The zero-order valence-corrected chi connectivity index (χ0v) is 9.94. The minimum Gasteiger partial charge on any atom is -0.468 e. The van der Waals surface area contributed by atoms with Crippen LogP contribution in [0.2, 0.25) is 0 Å². The van der Waals surface area contributed by atoms with E-state index in [1.807, 2.05) is 12.1 Å². The molecule has 90 valence electrons. The van der Waals surface area contributed by atoms with Gasteiger partial charge >= 0.3 is 0 Å². The molecular weight excluding hydrogens is 204 g/mol. The van der Waals surface area contributed by atoms with Crippen LogP contribution >= 0.6 is 0 Å². The molecule has 0 aromatic carbocycles. The van der Waals surface area contributed by atoms with Crippen molar-refractivity contribution in [1.82, 2.24) is 10.2 Å². The number of aliphatic hydroxyl groups is 1. The molecule has 2 rings (SSSR count). The summed E-state index contributed by atoms with van der Waals surface area (Å²) >= 11 is 0. The first-order chi connectivity index (χ1) is 7.61. The van der Waals surface area contributed by atoms with Crippen LogP contribution in [0.1, 0.15) is 19.6 Å². The maximum Gasteiger partial charge on any atom is 0.117 e. The molecule has 1 aromatic rings. The van der Waals surface area contributed by atoms with Crippen LogP contribution < -0.4 is 5.32 Å². The van der Waals surface area contributed by atoms with E-state index in [4.69, 9.17) is 4.42 Å². The fraction of sp³-hybridized carbons (Fsp3) is 0.667. The molecule has 1 fully saturated rings. The predicted octanol–water partition coefficient (Wildman–Crippen LogP) is 0.824. The van der Waals surface area contributed by atoms with Gasteiger partial charge in [-0.2, -0.15) is 0 Å². The number of hydrogen-bond donors (Lipinski definition) is 2. The third kappa shape index (κ3) is 2.64. The fourth-order valence-corrected chi connectivity index (χ4v) is 2.18. The van der Waals surface area contributed by atoms with E-state index in [0.717, 1.165) is 25.4 Å². The normalized spacial score (nSPS) is 25.8. The Balaban J connectivity index is 2.03.